The van der Waals surface area contributed by atoms with Crippen LogP contribution in [0, 0.1) is 6.92 Å². The van der Waals surface area contributed by atoms with Gasteiger partial charge in [0.05, 0.1) is 12.0 Å². The summed E-state index contributed by atoms with van der Waals surface area (Å²) in [4.78, 5) is 14.5. The molecule has 0 aromatic heterocycles. The zero-order valence-electron chi connectivity index (χ0n) is 14.9. The molecular weight excluding hydrogens is 352 g/mol. The van der Waals surface area contributed by atoms with E-state index in [2.05, 4.69) is 4.72 Å². The zero-order valence-corrected chi connectivity index (χ0v) is 15.7. The van der Waals surface area contributed by atoms with E-state index < -0.39 is 10.0 Å². The van der Waals surface area contributed by atoms with Crippen LogP contribution in [-0.4, -0.2) is 39.4 Å². The lowest BCUT2D eigenvalue weighted by atomic mass is 10.1. The van der Waals surface area contributed by atoms with Gasteiger partial charge in [0.2, 0.25) is 0 Å². The molecule has 1 amide bonds. The number of sulfonamides is 1. The third-order valence-corrected chi connectivity index (χ3v) is 5.86. The van der Waals surface area contributed by atoms with Crippen molar-refractivity contribution in [1.82, 2.24) is 4.90 Å². The fourth-order valence-corrected chi connectivity index (χ4v) is 4.05. The fourth-order valence-electron chi connectivity index (χ4n) is 2.96. The summed E-state index contributed by atoms with van der Waals surface area (Å²) < 4.78 is 33.0. The second kappa shape index (κ2) is 7.37. The first kappa shape index (κ1) is 18.3. The number of hydrogen-bond donors (Lipinski definition) is 1. The molecule has 1 aliphatic heterocycles. The first-order valence-corrected chi connectivity index (χ1v) is 9.96. The monoisotopic (exact) mass is 374 g/mol. The summed E-state index contributed by atoms with van der Waals surface area (Å²) in [6, 6.07) is 11.3. The number of rotatable bonds is 5. The van der Waals surface area contributed by atoms with Gasteiger partial charge >= 0.3 is 0 Å². The fraction of sp³-hybridized carbons (Fsp3) is 0.316. The molecule has 6 nitrogen and oxygen atoms in total. The Morgan fingerprint density at radius 3 is 2.35 bits per heavy atom. The van der Waals surface area contributed by atoms with Gasteiger partial charge < -0.3 is 9.64 Å². The lowest BCUT2D eigenvalue weighted by Crippen LogP contribution is -2.28. The van der Waals surface area contributed by atoms with E-state index in [1.807, 2.05) is 6.92 Å². The van der Waals surface area contributed by atoms with Crippen LogP contribution in [0.15, 0.2) is 47.4 Å². The molecule has 26 heavy (non-hydrogen) atoms. The Morgan fingerprint density at radius 1 is 1.08 bits per heavy atom. The number of methoxy groups -OCH3 is 1. The third kappa shape index (κ3) is 3.83. The average molecular weight is 374 g/mol. The Labute approximate surface area is 153 Å². The Bertz CT molecular complexity index is 902. The highest BCUT2D eigenvalue weighted by Crippen LogP contribution is 2.23. The minimum atomic E-state index is -3.79. The molecule has 1 heterocycles. The molecule has 7 heteroatoms. The molecule has 1 fully saturated rings. The van der Waals surface area contributed by atoms with Crippen molar-refractivity contribution in [1.29, 1.82) is 0 Å². The van der Waals surface area contributed by atoms with Gasteiger partial charge in [-0.05, 0) is 61.7 Å². The van der Waals surface area contributed by atoms with E-state index in [0.29, 0.717) is 17.0 Å². The normalized spacial score (nSPS) is 14.3. The van der Waals surface area contributed by atoms with Gasteiger partial charge in [-0.3, -0.25) is 9.52 Å². The van der Waals surface area contributed by atoms with Crippen molar-refractivity contribution in [3.63, 3.8) is 0 Å². The number of carbonyl (C=O) groups is 1. The predicted octanol–water partition coefficient (Wildman–Crippen LogP) is 3.04. The number of amides is 1. The summed E-state index contributed by atoms with van der Waals surface area (Å²) in [5, 5.41) is 0. The van der Waals surface area contributed by atoms with Gasteiger partial charge in [0.25, 0.3) is 15.9 Å². The van der Waals surface area contributed by atoms with E-state index in [1.54, 1.807) is 42.3 Å². The van der Waals surface area contributed by atoms with Crippen molar-refractivity contribution in [3.8, 4) is 5.75 Å². The molecule has 1 N–H and O–H groups in total. The van der Waals surface area contributed by atoms with Crippen LogP contribution in [0.4, 0.5) is 5.69 Å². The summed E-state index contributed by atoms with van der Waals surface area (Å²) in [6.45, 7) is 3.26. The molecule has 1 aliphatic rings. The second-order valence-corrected chi connectivity index (χ2v) is 7.99. The van der Waals surface area contributed by atoms with E-state index in [4.69, 9.17) is 4.74 Å². The minimum Gasteiger partial charge on any atom is -0.497 e. The van der Waals surface area contributed by atoms with Crippen LogP contribution in [0.1, 0.15) is 28.8 Å². The minimum absolute atomic E-state index is 0.0708. The zero-order chi connectivity index (χ0) is 18.7. The molecule has 0 spiro atoms. The van der Waals surface area contributed by atoms with E-state index in [9.17, 15) is 13.2 Å². The molecule has 0 bridgehead atoms. The first-order chi connectivity index (χ1) is 12.4. The van der Waals surface area contributed by atoms with E-state index in [-0.39, 0.29) is 10.8 Å². The number of anilines is 1. The van der Waals surface area contributed by atoms with Gasteiger partial charge in [0, 0.05) is 24.3 Å². The van der Waals surface area contributed by atoms with Crippen molar-refractivity contribution in [3.05, 3.63) is 53.6 Å². The number of aryl methyl sites for hydroxylation is 1. The van der Waals surface area contributed by atoms with Crippen molar-refractivity contribution in [2.45, 2.75) is 24.7 Å². The van der Waals surface area contributed by atoms with Crippen LogP contribution in [0.5, 0.6) is 5.75 Å². The number of carbonyl (C=O) groups excluding carboxylic acids is 1. The summed E-state index contributed by atoms with van der Waals surface area (Å²) in [7, 11) is -2.24. The molecule has 3 rings (SSSR count). The average Bonchev–Trinajstić information content (AvgIpc) is 3.16. The van der Waals surface area contributed by atoms with Crippen LogP contribution < -0.4 is 9.46 Å². The number of hydrogen-bond acceptors (Lipinski definition) is 4. The maximum absolute atomic E-state index is 12.7. The summed E-state index contributed by atoms with van der Waals surface area (Å²) >= 11 is 0. The Hall–Kier alpha value is -2.54. The van der Waals surface area contributed by atoms with Crippen LogP contribution in [0.3, 0.4) is 0 Å². The second-order valence-electron chi connectivity index (χ2n) is 6.31. The van der Waals surface area contributed by atoms with E-state index in [0.717, 1.165) is 31.5 Å². The Morgan fingerprint density at radius 2 is 1.73 bits per heavy atom. The van der Waals surface area contributed by atoms with Crippen molar-refractivity contribution < 1.29 is 17.9 Å². The molecule has 0 unspecified atom stereocenters. The third-order valence-electron chi connectivity index (χ3n) is 4.49. The predicted molar refractivity (Wildman–Crippen MR) is 100 cm³/mol. The van der Waals surface area contributed by atoms with Crippen LogP contribution in [-0.2, 0) is 10.0 Å². The highest BCUT2D eigenvalue weighted by molar-refractivity contribution is 7.92. The van der Waals surface area contributed by atoms with E-state index in [1.165, 1.54) is 12.1 Å². The van der Waals surface area contributed by atoms with E-state index >= 15 is 0 Å². The summed E-state index contributed by atoms with van der Waals surface area (Å²) in [5.74, 6) is 0.531. The maximum atomic E-state index is 12.7. The number of benzene rings is 2. The topological polar surface area (TPSA) is 75.7 Å². The smallest absolute Gasteiger partial charge is 0.261 e. The first-order valence-electron chi connectivity index (χ1n) is 8.47. The molecule has 2 aromatic carbocycles. The standard InChI is InChI=1S/C19H22N2O4S/c1-14-5-10-17(13-18(14)19(22)21-11-3-4-12-21)26(23,24)20-15-6-8-16(25-2)9-7-15/h5-10,13,20H,3-4,11-12H2,1-2H3. The largest absolute Gasteiger partial charge is 0.497 e. The van der Waals surface area contributed by atoms with Gasteiger partial charge in [0.1, 0.15) is 5.75 Å². The van der Waals surface area contributed by atoms with Crippen molar-refractivity contribution >= 4 is 21.6 Å². The van der Waals surface area contributed by atoms with Gasteiger partial charge in [-0.2, -0.15) is 0 Å². The van der Waals surface area contributed by atoms with Gasteiger partial charge in [-0.25, -0.2) is 8.42 Å². The number of likely N-dealkylation sites (tertiary alicyclic amines) is 1. The van der Waals surface area contributed by atoms with Gasteiger partial charge in [-0.15, -0.1) is 0 Å². The van der Waals surface area contributed by atoms with Crippen LogP contribution >= 0.6 is 0 Å². The molecule has 0 radical (unpaired) electrons. The molecule has 138 valence electrons. The van der Waals surface area contributed by atoms with Crippen LogP contribution in [0.25, 0.3) is 0 Å². The highest BCUT2D eigenvalue weighted by atomic mass is 32.2. The highest BCUT2D eigenvalue weighted by Gasteiger charge is 2.23. The van der Waals surface area contributed by atoms with Gasteiger partial charge in [-0.1, -0.05) is 6.07 Å². The molecular formula is C19H22N2O4S. The molecule has 2 aromatic rings. The van der Waals surface area contributed by atoms with Crippen LogP contribution in [0.2, 0.25) is 0 Å². The number of ether oxygens (including phenoxy) is 1. The number of nitrogens with one attached hydrogen (secondary N) is 1. The Kier molecular flexibility index (Phi) is 5.18. The SMILES string of the molecule is COc1ccc(NS(=O)(=O)c2ccc(C)c(C(=O)N3CCCC3)c2)cc1. The molecule has 0 atom stereocenters. The molecule has 0 saturated carbocycles. The van der Waals surface area contributed by atoms with Gasteiger partial charge in [0.15, 0.2) is 0 Å². The summed E-state index contributed by atoms with van der Waals surface area (Å²) in [6.07, 6.45) is 1.98. The van der Waals surface area contributed by atoms with Crippen molar-refractivity contribution in [2.24, 2.45) is 0 Å². The molecule has 1 saturated heterocycles. The lowest BCUT2D eigenvalue weighted by Gasteiger charge is -2.17. The lowest BCUT2D eigenvalue weighted by molar-refractivity contribution is 0.0792. The summed E-state index contributed by atoms with van der Waals surface area (Å²) in [5.41, 5.74) is 1.63. The quantitative estimate of drug-likeness (QED) is 0.873. The van der Waals surface area contributed by atoms with Crippen molar-refractivity contribution in [2.75, 3.05) is 24.9 Å². The number of nitrogens with zero attached hydrogens (tertiary/aromatic N) is 1. The maximum Gasteiger partial charge on any atom is 0.261 e. The molecule has 0 aliphatic carbocycles. The Balaban J connectivity index is 1.87.